The summed E-state index contributed by atoms with van der Waals surface area (Å²) in [5, 5.41) is 0.981. The third-order valence-corrected chi connectivity index (χ3v) is 4.85. The predicted octanol–water partition coefficient (Wildman–Crippen LogP) is 4.06. The monoisotopic (exact) mass is 376 g/mol. The zero-order chi connectivity index (χ0) is 17.1. The van der Waals surface area contributed by atoms with Gasteiger partial charge in [-0.15, -0.1) is 0 Å². The van der Waals surface area contributed by atoms with E-state index >= 15 is 0 Å². The molecule has 2 aromatic carbocycles. The standard InChI is InChI=1S/C18H10Cl2O5/c19-9-1-8(2-10(20)3-9)16-11-4-13-14(24-7-23-13)5-12(11)25-15-6-22-18(21)17(15)16/h1-5,16H,6-7H2. The minimum Gasteiger partial charge on any atom is -0.457 e. The Hall–Kier alpha value is -2.37. The van der Waals surface area contributed by atoms with E-state index in [1.165, 1.54) is 0 Å². The summed E-state index contributed by atoms with van der Waals surface area (Å²) in [6.07, 6.45) is 0. The van der Waals surface area contributed by atoms with Crippen LogP contribution in [0.4, 0.5) is 0 Å². The fourth-order valence-corrected chi connectivity index (χ4v) is 3.94. The van der Waals surface area contributed by atoms with E-state index in [0.717, 1.165) is 11.1 Å². The number of hydrogen-bond donors (Lipinski definition) is 0. The third kappa shape index (κ3) is 2.27. The van der Waals surface area contributed by atoms with Gasteiger partial charge in [-0.1, -0.05) is 23.2 Å². The molecule has 2 aromatic rings. The summed E-state index contributed by atoms with van der Waals surface area (Å²) >= 11 is 12.4. The van der Waals surface area contributed by atoms with Crippen molar-refractivity contribution in [1.82, 2.24) is 0 Å². The molecule has 3 aliphatic heterocycles. The first-order valence-corrected chi connectivity index (χ1v) is 8.33. The highest BCUT2D eigenvalue weighted by Crippen LogP contribution is 2.50. The first kappa shape index (κ1) is 14.9. The lowest BCUT2D eigenvalue weighted by Crippen LogP contribution is -2.18. The van der Waals surface area contributed by atoms with E-state index in [1.807, 2.05) is 6.07 Å². The Morgan fingerprint density at radius 1 is 0.880 bits per heavy atom. The number of carbonyl (C=O) groups excluding carboxylic acids is 1. The van der Waals surface area contributed by atoms with Crippen LogP contribution >= 0.6 is 23.2 Å². The number of ether oxygens (including phenoxy) is 4. The van der Waals surface area contributed by atoms with Crippen molar-refractivity contribution in [1.29, 1.82) is 0 Å². The Balaban J connectivity index is 1.75. The summed E-state index contributed by atoms with van der Waals surface area (Å²) in [4.78, 5) is 12.3. The van der Waals surface area contributed by atoms with Gasteiger partial charge in [0.05, 0.1) is 5.57 Å². The summed E-state index contributed by atoms with van der Waals surface area (Å²) in [7, 11) is 0. The highest BCUT2D eigenvalue weighted by molar-refractivity contribution is 6.34. The first-order valence-electron chi connectivity index (χ1n) is 7.58. The molecule has 5 rings (SSSR count). The lowest BCUT2D eigenvalue weighted by Gasteiger charge is -2.26. The molecule has 5 nitrogen and oxygen atoms in total. The van der Waals surface area contributed by atoms with Crippen LogP contribution in [0.2, 0.25) is 10.0 Å². The Morgan fingerprint density at radius 2 is 1.60 bits per heavy atom. The molecule has 0 radical (unpaired) electrons. The maximum atomic E-state index is 12.3. The maximum Gasteiger partial charge on any atom is 0.339 e. The molecule has 0 aliphatic carbocycles. The number of benzene rings is 2. The number of rotatable bonds is 1. The van der Waals surface area contributed by atoms with Gasteiger partial charge in [-0.05, 0) is 29.8 Å². The van der Waals surface area contributed by atoms with Crippen molar-refractivity contribution in [2.45, 2.75) is 5.92 Å². The second-order valence-electron chi connectivity index (χ2n) is 5.89. The number of cyclic esters (lactones) is 1. The van der Waals surface area contributed by atoms with Crippen LogP contribution in [0.25, 0.3) is 0 Å². The fourth-order valence-electron chi connectivity index (χ4n) is 3.39. The zero-order valence-corrected chi connectivity index (χ0v) is 14.2. The van der Waals surface area contributed by atoms with E-state index in [9.17, 15) is 4.79 Å². The Labute approximate surface area is 152 Å². The van der Waals surface area contributed by atoms with Crippen molar-refractivity contribution < 1.29 is 23.7 Å². The van der Waals surface area contributed by atoms with Crippen LogP contribution in [-0.4, -0.2) is 19.4 Å². The quantitative estimate of drug-likeness (QED) is 0.702. The molecule has 3 heterocycles. The zero-order valence-electron chi connectivity index (χ0n) is 12.7. The number of halogens is 2. The lowest BCUT2D eigenvalue weighted by atomic mass is 9.82. The van der Waals surface area contributed by atoms with E-state index < -0.39 is 11.9 Å². The molecule has 0 amide bonds. The summed E-state index contributed by atoms with van der Waals surface area (Å²) in [6.45, 7) is 0.258. The van der Waals surface area contributed by atoms with Gasteiger partial charge >= 0.3 is 5.97 Å². The number of fused-ring (bicyclic) bond motifs is 2. The van der Waals surface area contributed by atoms with Crippen LogP contribution in [0.15, 0.2) is 41.7 Å². The van der Waals surface area contributed by atoms with Crippen molar-refractivity contribution >= 4 is 29.2 Å². The number of esters is 1. The topological polar surface area (TPSA) is 54.0 Å². The molecule has 0 fully saturated rings. The molecule has 0 saturated heterocycles. The average molecular weight is 377 g/mol. The molecule has 1 unspecified atom stereocenters. The van der Waals surface area contributed by atoms with E-state index in [2.05, 4.69) is 0 Å². The highest BCUT2D eigenvalue weighted by Gasteiger charge is 2.41. The Morgan fingerprint density at radius 3 is 2.36 bits per heavy atom. The molecule has 3 aliphatic rings. The summed E-state index contributed by atoms with van der Waals surface area (Å²) in [6, 6.07) is 8.81. The smallest absolute Gasteiger partial charge is 0.339 e. The Bertz CT molecular complexity index is 946. The second kappa shape index (κ2) is 5.31. The van der Waals surface area contributed by atoms with Crippen LogP contribution in [0.3, 0.4) is 0 Å². The molecule has 126 valence electrons. The molecule has 0 spiro atoms. The van der Waals surface area contributed by atoms with Crippen molar-refractivity contribution in [3.05, 3.63) is 62.8 Å². The van der Waals surface area contributed by atoms with Crippen molar-refractivity contribution in [3.63, 3.8) is 0 Å². The van der Waals surface area contributed by atoms with Gasteiger partial charge in [-0.25, -0.2) is 4.79 Å². The molecule has 0 N–H and O–H groups in total. The molecule has 0 bridgehead atoms. The number of hydrogen-bond acceptors (Lipinski definition) is 5. The third-order valence-electron chi connectivity index (χ3n) is 4.41. The van der Waals surface area contributed by atoms with Crippen LogP contribution in [0.1, 0.15) is 17.0 Å². The van der Waals surface area contributed by atoms with Gasteiger partial charge in [0, 0.05) is 27.6 Å². The fraction of sp³-hybridized carbons (Fsp3) is 0.167. The SMILES string of the molecule is O=C1OCC2=C1C(c1cc(Cl)cc(Cl)c1)c1cc3c(cc1O2)OCO3. The normalized spacial score (nSPS) is 20.1. The molecule has 25 heavy (non-hydrogen) atoms. The predicted molar refractivity (Wildman–Crippen MR) is 89.5 cm³/mol. The van der Waals surface area contributed by atoms with E-state index in [4.69, 9.17) is 42.1 Å². The van der Waals surface area contributed by atoms with Gasteiger partial charge in [0.1, 0.15) is 12.4 Å². The van der Waals surface area contributed by atoms with Crippen LogP contribution in [0, 0.1) is 0 Å². The molecular weight excluding hydrogens is 367 g/mol. The summed E-state index contributed by atoms with van der Waals surface area (Å²) in [5.74, 6) is 1.51. The van der Waals surface area contributed by atoms with Crippen LogP contribution < -0.4 is 14.2 Å². The van der Waals surface area contributed by atoms with E-state index in [0.29, 0.717) is 38.6 Å². The largest absolute Gasteiger partial charge is 0.457 e. The van der Waals surface area contributed by atoms with Gasteiger partial charge in [-0.2, -0.15) is 0 Å². The minimum absolute atomic E-state index is 0.104. The summed E-state index contributed by atoms with van der Waals surface area (Å²) < 4.78 is 22.0. The maximum absolute atomic E-state index is 12.3. The Kier molecular flexibility index (Phi) is 3.17. The van der Waals surface area contributed by atoms with Gasteiger partial charge in [0.25, 0.3) is 0 Å². The van der Waals surface area contributed by atoms with Gasteiger partial charge in [0.15, 0.2) is 17.3 Å². The minimum atomic E-state index is -0.403. The van der Waals surface area contributed by atoms with Crippen LogP contribution in [0.5, 0.6) is 17.2 Å². The van der Waals surface area contributed by atoms with Crippen molar-refractivity contribution in [2.24, 2.45) is 0 Å². The molecular formula is C18H10Cl2O5. The highest BCUT2D eigenvalue weighted by atomic mass is 35.5. The van der Waals surface area contributed by atoms with E-state index in [1.54, 1.807) is 24.3 Å². The van der Waals surface area contributed by atoms with E-state index in [-0.39, 0.29) is 13.4 Å². The first-order chi connectivity index (χ1) is 12.1. The number of carbonyl (C=O) groups is 1. The van der Waals surface area contributed by atoms with Gasteiger partial charge in [-0.3, -0.25) is 0 Å². The van der Waals surface area contributed by atoms with Gasteiger partial charge in [0.2, 0.25) is 6.79 Å². The second-order valence-corrected chi connectivity index (χ2v) is 6.77. The summed E-state index contributed by atoms with van der Waals surface area (Å²) in [5.41, 5.74) is 2.03. The van der Waals surface area contributed by atoms with Gasteiger partial charge < -0.3 is 18.9 Å². The average Bonchev–Trinajstić information content (AvgIpc) is 3.16. The lowest BCUT2D eigenvalue weighted by molar-refractivity contribution is -0.136. The molecule has 7 heteroatoms. The molecule has 0 aromatic heterocycles. The molecule has 1 atom stereocenters. The molecule has 0 saturated carbocycles. The van der Waals surface area contributed by atoms with Crippen molar-refractivity contribution in [3.8, 4) is 17.2 Å². The van der Waals surface area contributed by atoms with Crippen molar-refractivity contribution in [2.75, 3.05) is 13.4 Å². The van der Waals surface area contributed by atoms with Crippen LogP contribution in [-0.2, 0) is 9.53 Å².